The maximum atomic E-state index is 6.31. The molecule has 17 heavy (non-hydrogen) atoms. The number of nitrogen functional groups attached to an aromatic ring is 1. The number of nitrogens with two attached hydrogens (primary N) is 1. The maximum Gasteiger partial charge on any atom is 0.180 e. The van der Waals surface area contributed by atoms with Gasteiger partial charge in [-0.05, 0) is 30.5 Å². The minimum Gasteiger partial charge on any atom is -0.375 e. The molecule has 1 aliphatic rings. The van der Waals surface area contributed by atoms with Crippen molar-refractivity contribution >= 4 is 44.0 Å². The predicted molar refractivity (Wildman–Crippen MR) is 75.8 cm³/mol. The molecule has 1 aromatic carbocycles. The lowest BCUT2D eigenvalue weighted by Gasteiger charge is -2.12. The average molecular weight is 330 g/mol. The average Bonchev–Trinajstić information content (AvgIpc) is 2.78. The van der Waals surface area contributed by atoms with Crippen LogP contribution in [0, 0.1) is 0 Å². The first-order chi connectivity index (χ1) is 8.15. The molecule has 0 aliphatic heterocycles. The van der Waals surface area contributed by atoms with Gasteiger partial charge in [-0.25, -0.2) is 4.98 Å². The van der Waals surface area contributed by atoms with Crippen molar-refractivity contribution in [1.29, 1.82) is 0 Å². The summed E-state index contributed by atoms with van der Waals surface area (Å²) in [5.41, 5.74) is 8.09. The molecule has 1 aliphatic carbocycles. The SMILES string of the molecule is Nc1nc2c(s1)C(c1ccc(Br)cc1Cl)CC2. The van der Waals surface area contributed by atoms with E-state index in [0.717, 1.165) is 28.0 Å². The highest BCUT2D eigenvalue weighted by atomic mass is 79.9. The Bertz CT molecular complexity index is 582. The van der Waals surface area contributed by atoms with Gasteiger partial charge in [0.05, 0.1) is 5.69 Å². The van der Waals surface area contributed by atoms with E-state index in [1.165, 1.54) is 10.4 Å². The van der Waals surface area contributed by atoms with Gasteiger partial charge in [0.1, 0.15) is 0 Å². The van der Waals surface area contributed by atoms with Crippen molar-refractivity contribution in [2.24, 2.45) is 0 Å². The third-order valence-electron chi connectivity index (χ3n) is 3.07. The molecule has 0 radical (unpaired) electrons. The Morgan fingerprint density at radius 3 is 3.06 bits per heavy atom. The first kappa shape index (κ1) is 11.5. The molecule has 1 atom stereocenters. The molecular weight excluding hydrogens is 320 g/mol. The van der Waals surface area contributed by atoms with E-state index >= 15 is 0 Å². The van der Waals surface area contributed by atoms with Crippen LogP contribution >= 0.6 is 38.9 Å². The van der Waals surface area contributed by atoms with Gasteiger partial charge in [-0.1, -0.05) is 33.6 Å². The topological polar surface area (TPSA) is 38.9 Å². The molecule has 2 aromatic rings. The van der Waals surface area contributed by atoms with Crippen LogP contribution in [0.4, 0.5) is 5.13 Å². The van der Waals surface area contributed by atoms with Crippen LogP contribution in [0.1, 0.15) is 28.5 Å². The van der Waals surface area contributed by atoms with Crippen molar-refractivity contribution in [3.63, 3.8) is 0 Å². The maximum absolute atomic E-state index is 6.31. The fourth-order valence-electron chi connectivity index (χ4n) is 2.33. The summed E-state index contributed by atoms with van der Waals surface area (Å²) in [5.74, 6) is 0.361. The first-order valence-electron chi connectivity index (χ1n) is 5.35. The Morgan fingerprint density at radius 1 is 1.47 bits per heavy atom. The zero-order valence-corrected chi connectivity index (χ0v) is 12.1. The molecular formula is C12H10BrClN2S. The second-order valence-corrected chi connectivity index (χ2v) is 6.51. The van der Waals surface area contributed by atoms with Crippen LogP contribution in [-0.2, 0) is 6.42 Å². The van der Waals surface area contributed by atoms with E-state index < -0.39 is 0 Å². The van der Waals surface area contributed by atoms with Crippen LogP contribution in [0.25, 0.3) is 0 Å². The van der Waals surface area contributed by atoms with Crippen LogP contribution < -0.4 is 5.73 Å². The fraction of sp³-hybridized carbons (Fsp3) is 0.250. The summed E-state index contributed by atoms with van der Waals surface area (Å²) >= 11 is 11.3. The Balaban J connectivity index is 2.06. The standard InChI is InChI=1S/C12H10BrClN2S/c13-6-1-2-7(9(14)5-6)8-3-4-10-11(8)17-12(15)16-10/h1-2,5,8H,3-4H2,(H2,15,16). The molecule has 5 heteroatoms. The molecule has 0 bridgehead atoms. The van der Waals surface area contributed by atoms with Gasteiger partial charge in [-0.2, -0.15) is 0 Å². The lowest BCUT2D eigenvalue weighted by molar-refractivity contribution is 0.790. The van der Waals surface area contributed by atoms with Crippen molar-refractivity contribution in [2.75, 3.05) is 5.73 Å². The van der Waals surface area contributed by atoms with Gasteiger partial charge < -0.3 is 5.73 Å². The van der Waals surface area contributed by atoms with Crippen molar-refractivity contribution in [3.05, 3.63) is 43.8 Å². The van der Waals surface area contributed by atoms with Gasteiger partial charge in [0.15, 0.2) is 5.13 Å². The largest absolute Gasteiger partial charge is 0.375 e. The Labute approximate surface area is 117 Å². The molecule has 0 amide bonds. The van der Waals surface area contributed by atoms with Crippen LogP contribution in [0.3, 0.4) is 0 Å². The number of anilines is 1. The van der Waals surface area contributed by atoms with Gasteiger partial charge in [0.2, 0.25) is 0 Å². The smallest absolute Gasteiger partial charge is 0.180 e. The molecule has 3 rings (SSSR count). The summed E-state index contributed by atoms with van der Waals surface area (Å²) in [7, 11) is 0. The predicted octanol–water partition coefficient (Wildman–Crippen LogP) is 4.22. The summed E-state index contributed by atoms with van der Waals surface area (Å²) in [6.07, 6.45) is 2.08. The number of aryl methyl sites for hydroxylation is 1. The lowest BCUT2D eigenvalue weighted by atomic mass is 9.98. The zero-order chi connectivity index (χ0) is 12.0. The van der Waals surface area contributed by atoms with Crippen molar-refractivity contribution in [1.82, 2.24) is 4.98 Å². The van der Waals surface area contributed by atoms with Crippen LogP contribution in [0.2, 0.25) is 5.02 Å². The number of nitrogens with zero attached hydrogens (tertiary/aromatic N) is 1. The van der Waals surface area contributed by atoms with Crippen LogP contribution in [0.15, 0.2) is 22.7 Å². The van der Waals surface area contributed by atoms with Crippen molar-refractivity contribution in [2.45, 2.75) is 18.8 Å². The second-order valence-electron chi connectivity index (χ2n) is 4.12. The van der Waals surface area contributed by atoms with E-state index in [0.29, 0.717) is 11.0 Å². The number of hydrogen-bond donors (Lipinski definition) is 1. The molecule has 0 saturated carbocycles. The van der Waals surface area contributed by atoms with E-state index in [-0.39, 0.29) is 0 Å². The molecule has 1 heterocycles. The molecule has 88 valence electrons. The van der Waals surface area contributed by atoms with E-state index in [1.807, 2.05) is 12.1 Å². The van der Waals surface area contributed by atoms with Gasteiger partial charge >= 0.3 is 0 Å². The summed E-state index contributed by atoms with van der Waals surface area (Å²) in [6.45, 7) is 0. The van der Waals surface area contributed by atoms with Crippen LogP contribution in [-0.4, -0.2) is 4.98 Å². The van der Waals surface area contributed by atoms with Gasteiger partial charge in [0.25, 0.3) is 0 Å². The minimum atomic E-state index is 0.361. The van der Waals surface area contributed by atoms with Gasteiger partial charge in [-0.15, -0.1) is 11.3 Å². The summed E-state index contributed by atoms with van der Waals surface area (Å²) in [5, 5.41) is 1.47. The molecule has 0 spiro atoms. The van der Waals surface area contributed by atoms with Crippen LogP contribution in [0.5, 0.6) is 0 Å². The number of benzene rings is 1. The second kappa shape index (κ2) is 4.26. The number of hydrogen-bond acceptors (Lipinski definition) is 3. The van der Waals surface area contributed by atoms with Gasteiger partial charge in [-0.3, -0.25) is 0 Å². The number of halogens is 2. The Morgan fingerprint density at radius 2 is 2.29 bits per heavy atom. The summed E-state index contributed by atoms with van der Waals surface area (Å²) < 4.78 is 1.01. The lowest BCUT2D eigenvalue weighted by Crippen LogP contribution is -1.95. The number of rotatable bonds is 1. The summed E-state index contributed by atoms with van der Waals surface area (Å²) in [4.78, 5) is 5.64. The Kier molecular flexibility index (Phi) is 2.89. The Hall–Kier alpha value is -0.580. The van der Waals surface area contributed by atoms with Gasteiger partial charge in [0, 0.05) is 20.3 Å². The molecule has 1 unspecified atom stereocenters. The third-order valence-corrected chi connectivity index (χ3v) is 4.93. The van der Waals surface area contributed by atoms with E-state index in [2.05, 4.69) is 27.0 Å². The molecule has 0 fully saturated rings. The van der Waals surface area contributed by atoms with Crippen molar-refractivity contribution in [3.8, 4) is 0 Å². The van der Waals surface area contributed by atoms with E-state index in [4.69, 9.17) is 17.3 Å². The molecule has 2 nitrogen and oxygen atoms in total. The minimum absolute atomic E-state index is 0.361. The highest BCUT2D eigenvalue weighted by molar-refractivity contribution is 9.10. The quantitative estimate of drug-likeness (QED) is 0.851. The molecule has 1 aromatic heterocycles. The highest BCUT2D eigenvalue weighted by Crippen LogP contribution is 2.44. The summed E-state index contributed by atoms with van der Waals surface area (Å²) in [6, 6.07) is 6.06. The first-order valence-corrected chi connectivity index (χ1v) is 7.34. The van der Waals surface area contributed by atoms with E-state index in [9.17, 15) is 0 Å². The number of thiazole rings is 1. The fourth-order valence-corrected chi connectivity index (χ4v) is 4.17. The number of aromatic nitrogens is 1. The van der Waals surface area contributed by atoms with Crippen molar-refractivity contribution < 1.29 is 0 Å². The zero-order valence-electron chi connectivity index (χ0n) is 8.91. The third kappa shape index (κ3) is 1.98. The molecule has 2 N–H and O–H groups in total. The molecule has 0 saturated heterocycles. The monoisotopic (exact) mass is 328 g/mol. The normalized spacial score (nSPS) is 18.4. The highest BCUT2D eigenvalue weighted by Gasteiger charge is 2.29. The number of fused-ring (bicyclic) bond motifs is 1. The van der Waals surface area contributed by atoms with E-state index in [1.54, 1.807) is 11.3 Å².